The third-order valence-corrected chi connectivity index (χ3v) is 4.47. The lowest BCUT2D eigenvalue weighted by atomic mass is 10.0. The summed E-state index contributed by atoms with van der Waals surface area (Å²) in [5.41, 5.74) is -0.119. The molecule has 1 aliphatic rings. The molecule has 110 valence electrons. The minimum atomic E-state index is -3.97. The highest BCUT2D eigenvalue weighted by molar-refractivity contribution is 7.89. The molecular formula is C13H17FN2O3S. The smallest absolute Gasteiger partial charge is 0.257 e. The van der Waals surface area contributed by atoms with E-state index >= 15 is 0 Å². The van der Waals surface area contributed by atoms with E-state index in [-0.39, 0.29) is 16.5 Å². The first kappa shape index (κ1) is 14.9. The Morgan fingerprint density at radius 3 is 2.65 bits per heavy atom. The summed E-state index contributed by atoms with van der Waals surface area (Å²) >= 11 is 0. The molecule has 0 spiro atoms. The van der Waals surface area contributed by atoms with E-state index in [9.17, 15) is 17.6 Å². The van der Waals surface area contributed by atoms with Gasteiger partial charge < -0.3 is 4.90 Å². The maximum Gasteiger partial charge on any atom is 0.257 e. The van der Waals surface area contributed by atoms with Crippen molar-refractivity contribution in [3.63, 3.8) is 0 Å². The molecule has 2 N–H and O–H groups in total. The van der Waals surface area contributed by atoms with Crippen molar-refractivity contribution in [2.45, 2.75) is 37.1 Å². The second-order valence-corrected chi connectivity index (χ2v) is 6.59. The average Bonchev–Trinajstić information content (AvgIpc) is 2.37. The van der Waals surface area contributed by atoms with Crippen molar-refractivity contribution in [3.8, 4) is 0 Å². The van der Waals surface area contributed by atoms with E-state index in [2.05, 4.69) is 0 Å². The second kappa shape index (κ2) is 5.49. The van der Waals surface area contributed by atoms with Crippen LogP contribution in [0.25, 0.3) is 0 Å². The number of rotatable bonds is 2. The van der Waals surface area contributed by atoms with Crippen LogP contribution >= 0.6 is 0 Å². The normalized spacial score (nSPS) is 19.9. The number of benzene rings is 1. The Balaban J connectivity index is 2.31. The monoisotopic (exact) mass is 300 g/mol. The summed E-state index contributed by atoms with van der Waals surface area (Å²) in [6, 6.07) is 3.18. The van der Waals surface area contributed by atoms with Crippen LogP contribution in [0.4, 0.5) is 4.39 Å². The van der Waals surface area contributed by atoms with Gasteiger partial charge in [-0.15, -0.1) is 0 Å². The van der Waals surface area contributed by atoms with Crippen LogP contribution in [0.15, 0.2) is 23.1 Å². The Bertz CT molecular complexity index is 631. The second-order valence-electron chi connectivity index (χ2n) is 5.03. The number of hydrogen-bond donors (Lipinski definition) is 1. The van der Waals surface area contributed by atoms with Crippen LogP contribution < -0.4 is 5.14 Å². The zero-order valence-electron chi connectivity index (χ0n) is 11.2. The van der Waals surface area contributed by atoms with Gasteiger partial charge in [0.15, 0.2) is 0 Å². The molecule has 0 aromatic heterocycles. The van der Waals surface area contributed by atoms with E-state index in [4.69, 9.17) is 5.14 Å². The van der Waals surface area contributed by atoms with Crippen LogP contribution in [0, 0.1) is 5.82 Å². The van der Waals surface area contributed by atoms with Crippen molar-refractivity contribution in [2.24, 2.45) is 5.14 Å². The summed E-state index contributed by atoms with van der Waals surface area (Å²) in [5, 5.41) is 4.93. The Labute approximate surface area is 117 Å². The van der Waals surface area contributed by atoms with E-state index in [1.807, 2.05) is 6.92 Å². The molecule has 2 rings (SSSR count). The van der Waals surface area contributed by atoms with Gasteiger partial charge in [0, 0.05) is 12.6 Å². The molecule has 0 saturated carbocycles. The van der Waals surface area contributed by atoms with Gasteiger partial charge >= 0.3 is 0 Å². The molecule has 5 nitrogen and oxygen atoms in total. The SMILES string of the molecule is CC1CCCCN1C(=O)c1ccc(S(N)(=O)=O)cc1F. The number of halogens is 1. The highest BCUT2D eigenvalue weighted by atomic mass is 32.2. The zero-order valence-corrected chi connectivity index (χ0v) is 12.0. The number of nitrogens with two attached hydrogens (primary N) is 1. The summed E-state index contributed by atoms with van der Waals surface area (Å²) < 4.78 is 36.2. The highest BCUT2D eigenvalue weighted by Gasteiger charge is 2.26. The molecule has 1 atom stereocenters. The molecule has 0 radical (unpaired) electrons. The van der Waals surface area contributed by atoms with Gasteiger partial charge in [-0.1, -0.05) is 0 Å². The summed E-state index contributed by atoms with van der Waals surface area (Å²) in [5.74, 6) is -1.27. The molecule has 0 aliphatic carbocycles. The number of carbonyl (C=O) groups is 1. The van der Waals surface area contributed by atoms with Gasteiger partial charge in [0.05, 0.1) is 10.5 Å². The lowest BCUT2D eigenvalue weighted by molar-refractivity contribution is 0.0630. The third kappa shape index (κ3) is 2.99. The number of nitrogens with zero attached hydrogens (tertiary/aromatic N) is 1. The topological polar surface area (TPSA) is 80.5 Å². The fourth-order valence-corrected chi connectivity index (χ4v) is 2.93. The van der Waals surface area contributed by atoms with Crippen LogP contribution in [0.1, 0.15) is 36.5 Å². The van der Waals surface area contributed by atoms with E-state index < -0.39 is 21.7 Å². The first-order valence-corrected chi connectivity index (χ1v) is 7.98. The number of hydrogen-bond acceptors (Lipinski definition) is 3. The molecule has 1 fully saturated rings. The Morgan fingerprint density at radius 2 is 2.10 bits per heavy atom. The van der Waals surface area contributed by atoms with Crippen molar-refractivity contribution >= 4 is 15.9 Å². The molecule has 20 heavy (non-hydrogen) atoms. The predicted octanol–water partition coefficient (Wildman–Crippen LogP) is 1.49. The quantitative estimate of drug-likeness (QED) is 0.898. The van der Waals surface area contributed by atoms with Crippen LogP contribution in [-0.4, -0.2) is 31.8 Å². The first-order valence-electron chi connectivity index (χ1n) is 6.44. The Hall–Kier alpha value is -1.47. The molecule has 1 aromatic rings. The van der Waals surface area contributed by atoms with Crippen LogP contribution in [0.5, 0.6) is 0 Å². The summed E-state index contributed by atoms with van der Waals surface area (Å²) in [7, 11) is -3.97. The fraction of sp³-hybridized carbons (Fsp3) is 0.462. The minimum absolute atomic E-state index is 0.0635. The largest absolute Gasteiger partial charge is 0.336 e. The number of sulfonamides is 1. The first-order chi connectivity index (χ1) is 9.30. The van der Waals surface area contributed by atoms with Crippen molar-refractivity contribution in [1.29, 1.82) is 0 Å². The Kier molecular flexibility index (Phi) is 4.10. The minimum Gasteiger partial charge on any atom is -0.336 e. The molecular weight excluding hydrogens is 283 g/mol. The van der Waals surface area contributed by atoms with E-state index in [0.29, 0.717) is 6.54 Å². The maximum atomic E-state index is 13.9. The van der Waals surface area contributed by atoms with E-state index in [1.54, 1.807) is 4.90 Å². The highest BCUT2D eigenvalue weighted by Crippen LogP contribution is 2.21. The van der Waals surface area contributed by atoms with Gasteiger partial charge in [0.25, 0.3) is 5.91 Å². The number of piperidine rings is 1. The lowest BCUT2D eigenvalue weighted by Gasteiger charge is -2.33. The fourth-order valence-electron chi connectivity index (χ4n) is 2.40. The number of likely N-dealkylation sites (tertiary alicyclic amines) is 1. The van der Waals surface area contributed by atoms with Crippen LogP contribution in [0.3, 0.4) is 0 Å². The maximum absolute atomic E-state index is 13.9. The Morgan fingerprint density at radius 1 is 1.40 bits per heavy atom. The third-order valence-electron chi connectivity index (χ3n) is 3.56. The number of primary sulfonamides is 1. The van der Waals surface area contributed by atoms with E-state index in [0.717, 1.165) is 31.4 Å². The molecule has 7 heteroatoms. The van der Waals surface area contributed by atoms with Crippen LogP contribution in [-0.2, 0) is 10.0 Å². The van der Waals surface area contributed by atoms with Crippen molar-refractivity contribution in [2.75, 3.05) is 6.54 Å². The molecule has 1 unspecified atom stereocenters. The van der Waals surface area contributed by atoms with E-state index in [1.165, 1.54) is 6.07 Å². The summed E-state index contributed by atoms with van der Waals surface area (Å²) in [6.45, 7) is 2.52. The molecule has 1 amide bonds. The zero-order chi connectivity index (χ0) is 14.9. The molecule has 1 heterocycles. The van der Waals surface area contributed by atoms with Gasteiger partial charge in [0.2, 0.25) is 10.0 Å². The van der Waals surface area contributed by atoms with Gasteiger partial charge in [-0.05, 0) is 44.4 Å². The van der Waals surface area contributed by atoms with Crippen molar-refractivity contribution in [1.82, 2.24) is 4.90 Å². The predicted molar refractivity (Wildman–Crippen MR) is 72.1 cm³/mol. The van der Waals surface area contributed by atoms with Crippen molar-refractivity contribution < 1.29 is 17.6 Å². The molecule has 0 bridgehead atoms. The van der Waals surface area contributed by atoms with Crippen molar-refractivity contribution in [3.05, 3.63) is 29.6 Å². The number of carbonyl (C=O) groups excluding carboxylic acids is 1. The van der Waals surface area contributed by atoms with Crippen LogP contribution in [0.2, 0.25) is 0 Å². The summed E-state index contributed by atoms with van der Waals surface area (Å²) in [4.78, 5) is 13.6. The van der Waals surface area contributed by atoms with Gasteiger partial charge in [-0.3, -0.25) is 4.79 Å². The molecule has 1 aliphatic heterocycles. The molecule has 1 aromatic carbocycles. The van der Waals surface area contributed by atoms with Gasteiger partial charge in [-0.25, -0.2) is 17.9 Å². The van der Waals surface area contributed by atoms with Gasteiger partial charge in [-0.2, -0.15) is 0 Å². The standard InChI is InChI=1S/C13H17FN2O3S/c1-9-4-2-3-7-16(9)13(17)11-6-5-10(8-12(11)14)20(15,18)19/h5-6,8-9H,2-4,7H2,1H3,(H2,15,18,19). The number of amides is 1. The lowest BCUT2D eigenvalue weighted by Crippen LogP contribution is -2.42. The average molecular weight is 300 g/mol. The summed E-state index contributed by atoms with van der Waals surface area (Å²) in [6.07, 6.45) is 2.84. The molecule has 1 saturated heterocycles. The van der Waals surface area contributed by atoms with Gasteiger partial charge in [0.1, 0.15) is 5.82 Å².